The second-order valence-electron chi connectivity index (χ2n) is 6.73. The molecule has 0 bridgehead atoms. The first-order valence-corrected chi connectivity index (χ1v) is 10.9. The predicted octanol–water partition coefficient (Wildman–Crippen LogP) is 1.68. The summed E-state index contributed by atoms with van der Waals surface area (Å²) < 4.78 is 38.5. The van der Waals surface area contributed by atoms with Gasteiger partial charge in [0.25, 0.3) is 5.91 Å². The summed E-state index contributed by atoms with van der Waals surface area (Å²) in [6.45, 7) is 1.86. The molecular formula is C21H19FN7O5S-. The lowest BCUT2D eigenvalue weighted by Gasteiger charge is -2.25. The maximum Gasteiger partial charge on any atom is 0.346 e. The number of H-pyrrole nitrogens is 1. The Hall–Kier alpha value is -4.32. The molecule has 12 nitrogen and oxygen atoms in total. The van der Waals surface area contributed by atoms with Crippen LogP contribution in [0.3, 0.4) is 0 Å². The van der Waals surface area contributed by atoms with Crippen LogP contribution in [0.5, 0.6) is 0 Å². The van der Waals surface area contributed by atoms with Crippen molar-refractivity contribution in [3.63, 3.8) is 0 Å². The highest BCUT2D eigenvalue weighted by Gasteiger charge is 2.18. The van der Waals surface area contributed by atoms with E-state index in [-0.39, 0.29) is 46.4 Å². The van der Waals surface area contributed by atoms with Gasteiger partial charge in [0.05, 0.1) is 34.8 Å². The summed E-state index contributed by atoms with van der Waals surface area (Å²) in [7, 11) is 1.24. The minimum Gasteiger partial charge on any atom is -0.755 e. The molecule has 0 fully saturated rings. The van der Waals surface area contributed by atoms with E-state index in [1.807, 2.05) is 0 Å². The van der Waals surface area contributed by atoms with Gasteiger partial charge in [0.15, 0.2) is 0 Å². The van der Waals surface area contributed by atoms with E-state index in [1.54, 1.807) is 6.92 Å². The van der Waals surface area contributed by atoms with Crippen molar-refractivity contribution in [1.82, 2.24) is 20.4 Å². The number of anilines is 5. The molecule has 1 unspecified atom stereocenters. The largest absolute Gasteiger partial charge is 0.755 e. The van der Waals surface area contributed by atoms with Crippen molar-refractivity contribution in [2.24, 2.45) is 0 Å². The van der Waals surface area contributed by atoms with E-state index in [2.05, 4.69) is 37.0 Å². The normalized spacial score (nSPS) is 11.3. The molecule has 0 spiro atoms. The molecule has 1 atom stereocenters. The highest BCUT2D eigenvalue weighted by Crippen LogP contribution is 2.33. The number of aromatic nitrogens is 3. The van der Waals surface area contributed by atoms with Crippen LogP contribution in [0.1, 0.15) is 22.8 Å². The molecular weight excluding hydrogens is 481 g/mol. The summed E-state index contributed by atoms with van der Waals surface area (Å²) in [5.74, 6) is 1.14. The highest BCUT2D eigenvalue weighted by molar-refractivity contribution is 7.80. The third-order valence-electron chi connectivity index (χ3n) is 4.47. The molecule has 182 valence electrons. The van der Waals surface area contributed by atoms with Gasteiger partial charge in [0.1, 0.15) is 17.5 Å². The smallest absolute Gasteiger partial charge is 0.346 e. The molecule has 3 rings (SSSR count). The number of hydroxylamine groups is 1. The third kappa shape index (κ3) is 6.18. The molecule has 0 saturated carbocycles. The van der Waals surface area contributed by atoms with Crippen molar-refractivity contribution in [3.8, 4) is 12.3 Å². The summed E-state index contributed by atoms with van der Waals surface area (Å²) in [6.07, 6.45) is 7.81. The average Bonchev–Trinajstić information content (AvgIpc) is 2.82. The molecule has 0 saturated heterocycles. The van der Waals surface area contributed by atoms with E-state index in [4.69, 9.17) is 11.3 Å². The molecule has 2 heterocycles. The van der Waals surface area contributed by atoms with Crippen LogP contribution in [0.25, 0.3) is 0 Å². The quantitative estimate of drug-likeness (QED) is 0.194. The topological polar surface area (TPSA) is 164 Å². The minimum absolute atomic E-state index is 0.00636. The van der Waals surface area contributed by atoms with Crippen LogP contribution >= 0.6 is 0 Å². The molecule has 0 aliphatic rings. The van der Waals surface area contributed by atoms with E-state index in [0.717, 1.165) is 10.4 Å². The fraction of sp³-hybridized carbons (Fsp3) is 0.143. The number of nitrogens with one attached hydrogen (secondary N) is 4. The Labute approximate surface area is 201 Å². The molecule has 1 aromatic carbocycles. The van der Waals surface area contributed by atoms with E-state index in [9.17, 15) is 22.7 Å². The SMILES string of the molecule is C#Cc1cc(N(C)S(=O)[O-])c(Nc2cc(Nc3ccnc(=O)[nH]3)ncc2C(=O)NOCC)cc1F. The number of rotatable bonds is 9. The first kappa shape index (κ1) is 25.3. The highest BCUT2D eigenvalue weighted by atomic mass is 32.2. The van der Waals surface area contributed by atoms with Gasteiger partial charge in [0, 0.05) is 42.8 Å². The average molecular weight is 500 g/mol. The van der Waals surface area contributed by atoms with E-state index in [1.165, 1.54) is 37.6 Å². The number of hydrogen-bond donors (Lipinski definition) is 4. The van der Waals surface area contributed by atoms with Gasteiger partial charge in [0.2, 0.25) is 0 Å². The number of pyridine rings is 1. The number of nitrogens with zero attached hydrogens (tertiary/aromatic N) is 3. The van der Waals surface area contributed by atoms with Crippen molar-refractivity contribution in [2.45, 2.75) is 6.92 Å². The molecule has 4 N–H and O–H groups in total. The number of carbonyl (C=O) groups is 1. The molecule has 2 aromatic heterocycles. The van der Waals surface area contributed by atoms with E-state index < -0.39 is 28.7 Å². The first-order chi connectivity index (χ1) is 16.7. The third-order valence-corrected chi connectivity index (χ3v) is 5.11. The maximum absolute atomic E-state index is 14.5. The van der Waals surface area contributed by atoms with Crippen molar-refractivity contribution in [3.05, 3.63) is 64.1 Å². The maximum atomic E-state index is 14.5. The van der Waals surface area contributed by atoms with Gasteiger partial charge in [-0.25, -0.2) is 24.6 Å². The number of amides is 1. The van der Waals surface area contributed by atoms with Gasteiger partial charge in [-0.05, 0) is 19.1 Å². The van der Waals surface area contributed by atoms with E-state index in [0.29, 0.717) is 0 Å². The Bertz CT molecular complexity index is 1370. The number of halogens is 1. The fourth-order valence-electron chi connectivity index (χ4n) is 2.84. The first-order valence-electron chi connectivity index (χ1n) is 9.88. The predicted molar refractivity (Wildman–Crippen MR) is 126 cm³/mol. The number of carbonyl (C=O) groups excluding carboxylic acids is 1. The Morgan fingerprint density at radius 3 is 2.74 bits per heavy atom. The molecule has 14 heteroatoms. The monoisotopic (exact) mass is 500 g/mol. The van der Waals surface area contributed by atoms with E-state index >= 15 is 0 Å². The van der Waals surface area contributed by atoms with Crippen LogP contribution in [0.2, 0.25) is 0 Å². The number of terminal acetylenes is 1. The zero-order chi connectivity index (χ0) is 25.5. The number of benzene rings is 1. The summed E-state index contributed by atoms with van der Waals surface area (Å²) in [5, 5.41) is 5.71. The minimum atomic E-state index is -2.71. The van der Waals surface area contributed by atoms with Crippen LogP contribution in [-0.4, -0.2) is 43.3 Å². The fourth-order valence-corrected chi connectivity index (χ4v) is 3.15. The van der Waals surface area contributed by atoms with Gasteiger partial charge in [-0.15, -0.1) is 6.42 Å². The summed E-state index contributed by atoms with van der Waals surface area (Å²) in [4.78, 5) is 39.2. The van der Waals surface area contributed by atoms with Crippen molar-refractivity contribution in [1.29, 1.82) is 0 Å². The van der Waals surface area contributed by atoms with Crippen molar-refractivity contribution in [2.75, 3.05) is 28.6 Å². The van der Waals surface area contributed by atoms with Gasteiger partial charge in [-0.1, -0.05) is 5.92 Å². The van der Waals surface area contributed by atoms with Crippen LogP contribution in [0, 0.1) is 18.2 Å². The second-order valence-corrected chi connectivity index (χ2v) is 7.71. The van der Waals surface area contributed by atoms with Crippen LogP contribution < -0.4 is 26.1 Å². The Morgan fingerprint density at radius 1 is 1.31 bits per heavy atom. The molecule has 3 aromatic rings. The van der Waals surface area contributed by atoms with Crippen molar-refractivity contribution < 1.29 is 22.8 Å². The zero-order valence-corrected chi connectivity index (χ0v) is 19.2. The van der Waals surface area contributed by atoms with Crippen LogP contribution in [0.15, 0.2) is 41.5 Å². The van der Waals surface area contributed by atoms with Gasteiger partial charge < -0.3 is 19.5 Å². The van der Waals surface area contributed by atoms with Crippen LogP contribution in [-0.2, 0) is 16.1 Å². The summed E-state index contributed by atoms with van der Waals surface area (Å²) >= 11 is -2.71. The van der Waals surface area contributed by atoms with Gasteiger partial charge in [-0.2, -0.15) is 0 Å². The molecule has 0 radical (unpaired) electrons. The lowest BCUT2D eigenvalue weighted by Crippen LogP contribution is -2.25. The summed E-state index contributed by atoms with van der Waals surface area (Å²) in [5.41, 5.74) is 1.59. The molecule has 35 heavy (non-hydrogen) atoms. The Balaban J connectivity index is 2.09. The molecule has 0 aliphatic carbocycles. The van der Waals surface area contributed by atoms with Gasteiger partial charge in [-0.3, -0.25) is 18.8 Å². The molecule has 1 amide bonds. The Morgan fingerprint density at radius 2 is 2.09 bits per heavy atom. The zero-order valence-electron chi connectivity index (χ0n) is 18.4. The lowest BCUT2D eigenvalue weighted by molar-refractivity contribution is 0.0365. The van der Waals surface area contributed by atoms with Crippen molar-refractivity contribution >= 4 is 45.9 Å². The van der Waals surface area contributed by atoms with Gasteiger partial charge >= 0.3 is 5.69 Å². The Kier molecular flexibility index (Phi) is 8.10. The van der Waals surface area contributed by atoms with Crippen LogP contribution in [0.4, 0.5) is 33.1 Å². The number of aromatic amines is 1. The molecule has 0 aliphatic heterocycles. The summed E-state index contributed by atoms with van der Waals surface area (Å²) in [6, 6.07) is 5.06. The lowest BCUT2D eigenvalue weighted by atomic mass is 10.1. The standard InChI is InChI=1S/C21H20FN7O5S/c1-4-12-8-17(29(3)35(32)33)16(9-14(12)22)25-15-10-19(26-18-6-7-23-21(31)27-18)24-11-13(15)20(30)28-34-5-2/h1,6-11H,5H2,2-3H3,(H,28,30)(H,32,33)(H3,23,24,25,26,27,31)/p-1. The number of hydrogen-bond acceptors (Lipinski definition) is 9. The second kappa shape index (κ2) is 11.2.